The fourth-order valence-corrected chi connectivity index (χ4v) is 1.96. The number of hydrogen-bond donors (Lipinski definition) is 2. The molecule has 0 saturated carbocycles. The maximum atomic E-state index is 11.3. The Bertz CT molecular complexity index is 248. The molecule has 2 fully saturated rings. The van der Waals surface area contributed by atoms with Gasteiger partial charge in [-0.05, 0) is 0 Å². The van der Waals surface area contributed by atoms with E-state index in [-0.39, 0.29) is 17.7 Å². The van der Waals surface area contributed by atoms with E-state index in [0.717, 1.165) is 32.7 Å². The van der Waals surface area contributed by atoms with E-state index in [0.29, 0.717) is 6.42 Å². The highest BCUT2D eigenvalue weighted by molar-refractivity contribution is 6.03. The van der Waals surface area contributed by atoms with Crippen LogP contribution in [0.25, 0.3) is 0 Å². The minimum absolute atomic E-state index is 0.103. The Kier molecular flexibility index (Phi) is 2.79. The highest BCUT2D eigenvalue weighted by Gasteiger charge is 2.31. The zero-order valence-electron chi connectivity index (χ0n) is 8.08. The summed E-state index contributed by atoms with van der Waals surface area (Å²) in [6, 6.07) is 0. The smallest absolute Gasteiger partial charge is 0.231 e. The van der Waals surface area contributed by atoms with E-state index in [4.69, 9.17) is 0 Å². The van der Waals surface area contributed by atoms with E-state index < -0.39 is 0 Å². The molecule has 14 heavy (non-hydrogen) atoms. The molecule has 2 amide bonds. The number of hydrogen-bond acceptors (Lipinski definition) is 4. The molecule has 5 heteroatoms. The summed E-state index contributed by atoms with van der Waals surface area (Å²) in [5.74, 6) is -0.357. The van der Waals surface area contributed by atoms with Crippen LogP contribution in [0.1, 0.15) is 6.42 Å². The van der Waals surface area contributed by atoms with Crippen LogP contribution in [0.15, 0.2) is 0 Å². The maximum Gasteiger partial charge on any atom is 0.231 e. The van der Waals surface area contributed by atoms with Crippen LogP contribution in [0.3, 0.4) is 0 Å². The molecule has 5 nitrogen and oxygen atoms in total. The van der Waals surface area contributed by atoms with Crippen LogP contribution in [0, 0.1) is 5.92 Å². The summed E-state index contributed by atoms with van der Waals surface area (Å²) < 4.78 is 0. The van der Waals surface area contributed by atoms with Crippen molar-refractivity contribution in [3.63, 3.8) is 0 Å². The van der Waals surface area contributed by atoms with Gasteiger partial charge in [-0.15, -0.1) is 0 Å². The molecule has 2 heterocycles. The molecule has 78 valence electrons. The second kappa shape index (κ2) is 4.06. The number of nitrogens with zero attached hydrogens (tertiary/aromatic N) is 1. The predicted molar refractivity (Wildman–Crippen MR) is 50.6 cm³/mol. The number of imide groups is 1. The average molecular weight is 197 g/mol. The summed E-state index contributed by atoms with van der Waals surface area (Å²) in [5.41, 5.74) is 0. The third-order valence-electron chi connectivity index (χ3n) is 2.75. The molecular formula is C9H15N3O2. The van der Waals surface area contributed by atoms with Crippen molar-refractivity contribution in [2.45, 2.75) is 6.42 Å². The quantitative estimate of drug-likeness (QED) is 0.532. The van der Waals surface area contributed by atoms with Crippen molar-refractivity contribution in [2.75, 3.05) is 32.7 Å². The van der Waals surface area contributed by atoms with E-state index in [2.05, 4.69) is 15.5 Å². The van der Waals surface area contributed by atoms with Gasteiger partial charge in [-0.25, -0.2) is 0 Å². The first kappa shape index (κ1) is 9.61. The summed E-state index contributed by atoms with van der Waals surface area (Å²) >= 11 is 0. The zero-order valence-corrected chi connectivity index (χ0v) is 8.08. The molecule has 0 aromatic rings. The van der Waals surface area contributed by atoms with Crippen LogP contribution in [0.4, 0.5) is 0 Å². The molecule has 0 radical (unpaired) electrons. The second-order valence-corrected chi connectivity index (χ2v) is 3.86. The van der Waals surface area contributed by atoms with E-state index in [1.165, 1.54) is 0 Å². The predicted octanol–water partition coefficient (Wildman–Crippen LogP) is -1.45. The largest absolute Gasteiger partial charge is 0.314 e. The van der Waals surface area contributed by atoms with Crippen LogP contribution < -0.4 is 10.6 Å². The van der Waals surface area contributed by atoms with Crippen molar-refractivity contribution < 1.29 is 9.59 Å². The Morgan fingerprint density at radius 1 is 1.29 bits per heavy atom. The van der Waals surface area contributed by atoms with Gasteiger partial charge < -0.3 is 10.2 Å². The summed E-state index contributed by atoms with van der Waals surface area (Å²) in [4.78, 5) is 24.5. The van der Waals surface area contributed by atoms with Gasteiger partial charge >= 0.3 is 0 Å². The highest BCUT2D eigenvalue weighted by atomic mass is 16.2. The monoisotopic (exact) mass is 197 g/mol. The van der Waals surface area contributed by atoms with E-state index in [1.807, 2.05) is 0 Å². The topological polar surface area (TPSA) is 61.4 Å². The van der Waals surface area contributed by atoms with Crippen molar-refractivity contribution in [3.05, 3.63) is 0 Å². The Hall–Kier alpha value is -0.940. The summed E-state index contributed by atoms with van der Waals surface area (Å²) in [6.45, 7) is 4.61. The summed E-state index contributed by atoms with van der Waals surface area (Å²) in [7, 11) is 0. The first-order chi connectivity index (χ1) is 6.75. The first-order valence-corrected chi connectivity index (χ1v) is 5.02. The lowest BCUT2D eigenvalue weighted by Gasteiger charge is -2.28. The fourth-order valence-electron chi connectivity index (χ4n) is 1.96. The number of amides is 2. The molecule has 1 atom stereocenters. The lowest BCUT2D eigenvalue weighted by Crippen LogP contribution is -2.46. The molecule has 2 saturated heterocycles. The minimum Gasteiger partial charge on any atom is -0.314 e. The molecule has 2 N–H and O–H groups in total. The maximum absolute atomic E-state index is 11.3. The standard InChI is InChI=1S/C9H15N3O2/c13-8-5-7(9(14)11-8)6-12-3-1-10-2-4-12/h7,10H,1-6H2,(H,11,13,14). The Morgan fingerprint density at radius 2 is 2.00 bits per heavy atom. The van der Waals surface area contributed by atoms with Crippen molar-refractivity contribution in [3.8, 4) is 0 Å². The van der Waals surface area contributed by atoms with E-state index in [1.54, 1.807) is 0 Å². The molecule has 2 rings (SSSR count). The molecule has 0 aromatic carbocycles. The van der Waals surface area contributed by atoms with Crippen LogP contribution in [0.2, 0.25) is 0 Å². The SMILES string of the molecule is O=C1CC(CN2CCNCC2)C(=O)N1. The normalized spacial score (nSPS) is 29.3. The average Bonchev–Trinajstić information content (AvgIpc) is 2.47. The number of carbonyl (C=O) groups is 2. The Balaban J connectivity index is 1.84. The summed E-state index contributed by atoms with van der Waals surface area (Å²) in [6.07, 6.45) is 0.364. The van der Waals surface area contributed by atoms with Gasteiger partial charge in [0, 0.05) is 39.1 Å². The van der Waals surface area contributed by atoms with Crippen molar-refractivity contribution in [1.29, 1.82) is 0 Å². The van der Waals surface area contributed by atoms with Crippen LogP contribution >= 0.6 is 0 Å². The number of carbonyl (C=O) groups excluding carboxylic acids is 2. The lowest BCUT2D eigenvalue weighted by atomic mass is 10.1. The molecule has 2 aliphatic rings. The van der Waals surface area contributed by atoms with Gasteiger partial charge in [0.25, 0.3) is 0 Å². The van der Waals surface area contributed by atoms with Crippen molar-refractivity contribution in [2.24, 2.45) is 5.92 Å². The lowest BCUT2D eigenvalue weighted by molar-refractivity contribution is -0.126. The molecule has 2 aliphatic heterocycles. The Morgan fingerprint density at radius 3 is 2.57 bits per heavy atom. The molecular weight excluding hydrogens is 182 g/mol. The second-order valence-electron chi connectivity index (χ2n) is 3.86. The van der Waals surface area contributed by atoms with Crippen LogP contribution in [-0.4, -0.2) is 49.4 Å². The van der Waals surface area contributed by atoms with Crippen LogP contribution in [0.5, 0.6) is 0 Å². The third-order valence-corrected chi connectivity index (χ3v) is 2.75. The van der Waals surface area contributed by atoms with Gasteiger partial charge in [-0.1, -0.05) is 0 Å². The molecule has 0 aromatic heterocycles. The molecule has 1 unspecified atom stereocenters. The zero-order chi connectivity index (χ0) is 9.97. The highest BCUT2D eigenvalue weighted by Crippen LogP contribution is 2.12. The van der Waals surface area contributed by atoms with Gasteiger partial charge in [0.2, 0.25) is 11.8 Å². The van der Waals surface area contributed by atoms with Gasteiger partial charge in [-0.2, -0.15) is 0 Å². The van der Waals surface area contributed by atoms with E-state index >= 15 is 0 Å². The van der Waals surface area contributed by atoms with Crippen molar-refractivity contribution in [1.82, 2.24) is 15.5 Å². The van der Waals surface area contributed by atoms with Crippen molar-refractivity contribution >= 4 is 11.8 Å². The first-order valence-electron chi connectivity index (χ1n) is 5.02. The van der Waals surface area contributed by atoms with Gasteiger partial charge in [0.15, 0.2) is 0 Å². The Labute approximate surface area is 82.8 Å². The van der Waals surface area contributed by atoms with Gasteiger partial charge in [0.1, 0.15) is 0 Å². The van der Waals surface area contributed by atoms with E-state index in [9.17, 15) is 9.59 Å². The molecule has 0 bridgehead atoms. The molecule has 0 aliphatic carbocycles. The van der Waals surface area contributed by atoms with Crippen LogP contribution in [-0.2, 0) is 9.59 Å². The number of piperazine rings is 1. The number of nitrogens with one attached hydrogen (secondary N) is 2. The number of rotatable bonds is 2. The summed E-state index contributed by atoms with van der Waals surface area (Å²) in [5, 5.41) is 5.59. The van der Waals surface area contributed by atoms with Gasteiger partial charge in [0.05, 0.1) is 5.92 Å². The molecule has 0 spiro atoms. The third kappa shape index (κ3) is 2.10. The fraction of sp³-hybridized carbons (Fsp3) is 0.778. The van der Waals surface area contributed by atoms with Gasteiger partial charge in [-0.3, -0.25) is 14.9 Å². The minimum atomic E-state index is -0.130.